The predicted molar refractivity (Wildman–Crippen MR) is 86.4 cm³/mol. The summed E-state index contributed by atoms with van der Waals surface area (Å²) >= 11 is 0. The highest BCUT2D eigenvalue weighted by Gasteiger charge is 2.43. The molecule has 1 N–H and O–H groups in total. The lowest BCUT2D eigenvalue weighted by Gasteiger charge is -2.34. The van der Waals surface area contributed by atoms with Gasteiger partial charge in [-0.05, 0) is 25.5 Å². The standard InChI is InChI=1S/C14H19N3O5S/c1-14(6-7-23(21,22)9-14)16(3)13(18)10-4-5-11(15-2)12(8-10)17(19)20/h4-5,8,15H,6-7,9H2,1-3H3. The van der Waals surface area contributed by atoms with Crippen LogP contribution in [0.2, 0.25) is 0 Å². The Morgan fingerprint density at radius 2 is 2.09 bits per heavy atom. The number of hydrogen-bond donors (Lipinski definition) is 1. The number of nitrogens with zero attached hydrogens (tertiary/aromatic N) is 2. The van der Waals surface area contributed by atoms with Crippen LogP contribution in [0.1, 0.15) is 23.7 Å². The second-order valence-corrected chi connectivity index (χ2v) is 8.13. The summed E-state index contributed by atoms with van der Waals surface area (Å²) in [6.45, 7) is 1.71. The van der Waals surface area contributed by atoms with E-state index in [1.54, 1.807) is 14.0 Å². The third kappa shape index (κ3) is 3.29. The van der Waals surface area contributed by atoms with Crippen molar-refractivity contribution in [1.29, 1.82) is 0 Å². The maximum Gasteiger partial charge on any atom is 0.293 e. The Labute approximate surface area is 134 Å². The fourth-order valence-corrected chi connectivity index (χ4v) is 4.90. The number of nitro groups is 1. The van der Waals surface area contributed by atoms with Gasteiger partial charge in [0.15, 0.2) is 9.84 Å². The van der Waals surface area contributed by atoms with Crippen molar-refractivity contribution >= 4 is 27.1 Å². The van der Waals surface area contributed by atoms with Gasteiger partial charge in [-0.2, -0.15) is 0 Å². The number of nitro benzene ring substituents is 1. The first kappa shape index (κ1) is 17.2. The highest BCUT2D eigenvalue weighted by molar-refractivity contribution is 7.91. The molecule has 1 aromatic rings. The molecule has 8 nitrogen and oxygen atoms in total. The smallest absolute Gasteiger partial charge is 0.293 e. The Hall–Kier alpha value is -2.16. The van der Waals surface area contributed by atoms with E-state index in [2.05, 4.69) is 5.32 Å². The summed E-state index contributed by atoms with van der Waals surface area (Å²) in [7, 11) is -0.0743. The zero-order valence-electron chi connectivity index (χ0n) is 13.2. The Kier molecular flexibility index (Phi) is 4.34. The van der Waals surface area contributed by atoms with Crippen LogP contribution < -0.4 is 5.32 Å². The van der Waals surface area contributed by atoms with Gasteiger partial charge in [0.05, 0.1) is 22.0 Å². The molecule has 2 rings (SSSR count). The second-order valence-electron chi connectivity index (χ2n) is 5.94. The van der Waals surface area contributed by atoms with Crippen LogP contribution in [0.4, 0.5) is 11.4 Å². The molecule has 0 radical (unpaired) electrons. The van der Waals surface area contributed by atoms with Crippen molar-refractivity contribution in [3.8, 4) is 0 Å². The van der Waals surface area contributed by atoms with Crippen LogP contribution in [0.3, 0.4) is 0 Å². The van der Waals surface area contributed by atoms with Gasteiger partial charge in [0.1, 0.15) is 5.69 Å². The molecule has 126 valence electrons. The molecule has 23 heavy (non-hydrogen) atoms. The van der Waals surface area contributed by atoms with Crippen LogP contribution >= 0.6 is 0 Å². The molecule has 0 aromatic heterocycles. The molecule has 1 aliphatic rings. The van der Waals surface area contributed by atoms with E-state index >= 15 is 0 Å². The molecule has 1 aromatic carbocycles. The molecule has 1 atom stereocenters. The lowest BCUT2D eigenvalue weighted by Crippen LogP contribution is -2.48. The fraction of sp³-hybridized carbons (Fsp3) is 0.500. The molecule has 0 saturated carbocycles. The van der Waals surface area contributed by atoms with Crippen molar-refractivity contribution in [3.63, 3.8) is 0 Å². The van der Waals surface area contributed by atoms with Gasteiger partial charge in [-0.3, -0.25) is 14.9 Å². The quantitative estimate of drug-likeness (QED) is 0.653. The number of rotatable bonds is 4. The molecular formula is C14H19N3O5S. The molecule has 9 heteroatoms. The topological polar surface area (TPSA) is 110 Å². The number of nitrogens with one attached hydrogen (secondary N) is 1. The summed E-state index contributed by atoms with van der Waals surface area (Å²) in [6.07, 6.45) is 0.355. The SMILES string of the molecule is CNc1ccc(C(=O)N(C)C2(C)CCS(=O)(=O)C2)cc1[N+](=O)[O-]. The number of carbonyl (C=O) groups excluding carboxylic acids is 1. The van der Waals surface area contributed by atoms with Crippen LogP contribution in [0.5, 0.6) is 0 Å². The highest BCUT2D eigenvalue weighted by atomic mass is 32.2. The van der Waals surface area contributed by atoms with Crippen molar-refractivity contribution in [1.82, 2.24) is 4.90 Å². The molecule has 1 aliphatic heterocycles. The Bertz CT molecular complexity index is 762. The minimum atomic E-state index is -3.16. The maximum absolute atomic E-state index is 12.6. The first-order chi connectivity index (χ1) is 10.6. The summed E-state index contributed by atoms with van der Waals surface area (Å²) < 4.78 is 23.4. The largest absolute Gasteiger partial charge is 0.383 e. The van der Waals surface area contributed by atoms with Crippen molar-refractivity contribution < 1.29 is 18.1 Å². The number of sulfone groups is 1. The summed E-state index contributed by atoms with van der Waals surface area (Å²) in [5.41, 5.74) is -0.532. The van der Waals surface area contributed by atoms with Crippen LogP contribution in [0.15, 0.2) is 18.2 Å². The molecule has 1 saturated heterocycles. The molecule has 0 aliphatic carbocycles. The molecule has 0 bridgehead atoms. The Balaban J connectivity index is 2.34. The Morgan fingerprint density at radius 1 is 1.43 bits per heavy atom. The first-order valence-electron chi connectivity index (χ1n) is 7.04. The minimum absolute atomic E-state index is 0.0416. The third-order valence-corrected chi connectivity index (χ3v) is 6.20. The van der Waals surface area contributed by atoms with Gasteiger partial charge in [-0.15, -0.1) is 0 Å². The van der Waals surface area contributed by atoms with Crippen molar-refractivity contribution in [2.45, 2.75) is 18.9 Å². The normalized spacial score (nSPS) is 22.6. The Morgan fingerprint density at radius 3 is 2.57 bits per heavy atom. The number of amides is 1. The van der Waals surface area contributed by atoms with Crippen LogP contribution in [-0.2, 0) is 9.84 Å². The second kappa shape index (κ2) is 5.80. The molecule has 1 heterocycles. The van der Waals surface area contributed by atoms with Gasteiger partial charge < -0.3 is 10.2 Å². The number of anilines is 1. The average molecular weight is 341 g/mol. The fourth-order valence-electron chi connectivity index (χ4n) is 2.72. The van der Waals surface area contributed by atoms with Gasteiger partial charge in [-0.25, -0.2) is 8.42 Å². The number of carbonyl (C=O) groups is 1. The van der Waals surface area contributed by atoms with E-state index in [9.17, 15) is 23.3 Å². The van der Waals surface area contributed by atoms with Gasteiger partial charge in [-0.1, -0.05) is 0 Å². The monoisotopic (exact) mass is 341 g/mol. The minimum Gasteiger partial charge on any atom is -0.383 e. The predicted octanol–water partition coefficient (Wildman–Crippen LogP) is 1.29. The highest BCUT2D eigenvalue weighted by Crippen LogP contribution is 2.31. The van der Waals surface area contributed by atoms with Gasteiger partial charge in [0, 0.05) is 25.7 Å². The van der Waals surface area contributed by atoms with E-state index in [1.807, 2.05) is 0 Å². The zero-order chi connectivity index (χ0) is 17.4. The molecule has 1 amide bonds. The van der Waals surface area contributed by atoms with E-state index in [0.717, 1.165) is 0 Å². The number of hydrogen-bond acceptors (Lipinski definition) is 6. The summed E-state index contributed by atoms with van der Waals surface area (Å²) in [6, 6.07) is 4.16. The molecule has 1 unspecified atom stereocenters. The van der Waals surface area contributed by atoms with E-state index in [4.69, 9.17) is 0 Å². The maximum atomic E-state index is 12.6. The van der Waals surface area contributed by atoms with E-state index in [0.29, 0.717) is 12.1 Å². The van der Waals surface area contributed by atoms with E-state index in [-0.39, 0.29) is 22.8 Å². The van der Waals surface area contributed by atoms with Crippen LogP contribution in [-0.4, -0.2) is 55.3 Å². The van der Waals surface area contributed by atoms with E-state index in [1.165, 1.54) is 30.1 Å². The first-order valence-corrected chi connectivity index (χ1v) is 8.86. The van der Waals surface area contributed by atoms with Crippen molar-refractivity contribution in [3.05, 3.63) is 33.9 Å². The number of benzene rings is 1. The van der Waals surface area contributed by atoms with Crippen LogP contribution in [0.25, 0.3) is 0 Å². The van der Waals surface area contributed by atoms with E-state index < -0.39 is 26.2 Å². The lowest BCUT2D eigenvalue weighted by atomic mass is 9.98. The molecule has 1 fully saturated rings. The third-order valence-electron chi connectivity index (χ3n) is 4.31. The van der Waals surface area contributed by atoms with Crippen molar-refractivity contribution in [2.75, 3.05) is 30.9 Å². The molecular weight excluding hydrogens is 322 g/mol. The van der Waals surface area contributed by atoms with Crippen molar-refractivity contribution in [2.24, 2.45) is 0 Å². The van der Waals surface area contributed by atoms with Gasteiger partial charge in [0.2, 0.25) is 0 Å². The average Bonchev–Trinajstić information content (AvgIpc) is 2.79. The lowest BCUT2D eigenvalue weighted by molar-refractivity contribution is -0.384. The van der Waals surface area contributed by atoms with Gasteiger partial charge in [0.25, 0.3) is 11.6 Å². The summed E-state index contributed by atoms with van der Waals surface area (Å²) in [5.74, 6) is -0.492. The summed E-state index contributed by atoms with van der Waals surface area (Å²) in [5, 5.41) is 13.8. The van der Waals surface area contributed by atoms with Gasteiger partial charge >= 0.3 is 0 Å². The zero-order valence-corrected chi connectivity index (χ0v) is 14.0. The molecule has 0 spiro atoms. The summed E-state index contributed by atoms with van der Waals surface area (Å²) in [4.78, 5) is 24.5. The van der Waals surface area contributed by atoms with Crippen LogP contribution in [0, 0.1) is 10.1 Å².